The molecule has 0 radical (unpaired) electrons. The Morgan fingerprint density at radius 3 is 1.46 bits per heavy atom. The van der Waals surface area contributed by atoms with Gasteiger partial charge in [-0.15, -0.1) is 0 Å². The van der Waals surface area contributed by atoms with E-state index in [0.29, 0.717) is 19.8 Å². The van der Waals surface area contributed by atoms with Crippen LogP contribution in [0.25, 0.3) is 0 Å². The summed E-state index contributed by atoms with van der Waals surface area (Å²) in [4.78, 5) is 20.2. The van der Waals surface area contributed by atoms with Crippen molar-refractivity contribution in [1.82, 2.24) is 19.8 Å². The zero-order chi connectivity index (χ0) is 48.9. The number of aromatic nitrogens is 2. The molecule has 72 heavy (non-hydrogen) atoms. The highest BCUT2D eigenvalue weighted by molar-refractivity contribution is 5.61. The Balaban J connectivity index is 0.890. The lowest BCUT2D eigenvalue weighted by atomic mass is 10.00. The van der Waals surface area contributed by atoms with Gasteiger partial charge in [-0.2, -0.15) is 0 Å². The van der Waals surface area contributed by atoms with Crippen molar-refractivity contribution in [2.24, 2.45) is 0 Å². The van der Waals surface area contributed by atoms with Gasteiger partial charge in [-0.25, -0.2) is 9.97 Å². The molecule has 384 valence electrons. The third-order valence-corrected chi connectivity index (χ3v) is 15.0. The van der Waals surface area contributed by atoms with Crippen LogP contribution in [0.4, 0.5) is 23.0 Å². The normalized spacial score (nSPS) is 18.8. The van der Waals surface area contributed by atoms with Gasteiger partial charge in [0.25, 0.3) is 0 Å². The van der Waals surface area contributed by atoms with Crippen molar-refractivity contribution in [2.45, 2.75) is 103 Å². The van der Waals surface area contributed by atoms with Crippen LogP contribution in [0.1, 0.15) is 81.9 Å². The predicted molar refractivity (Wildman–Crippen MR) is 285 cm³/mol. The Hall–Kier alpha value is -5.80. The molecule has 1 aliphatic carbocycles. The number of hydrazine groups is 1. The Bertz CT molecular complexity index is 2410. The third kappa shape index (κ3) is 12.7. The summed E-state index contributed by atoms with van der Waals surface area (Å²) < 4.78 is 36.4. The van der Waals surface area contributed by atoms with Gasteiger partial charge in [-0.05, 0) is 130 Å². The largest absolute Gasteiger partial charge is 0.490 e. The van der Waals surface area contributed by atoms with Crippen LogP contribution in [0, 0.1) is 0 Å². The molecule has 3 aromatic carbocycles. The molecule has 14 heteroatoms. The zero-order valence-electron chi connectivity index (χ0n) is 42.8. The highest BCUT2D eigenvalue weighted by Gasteiger charge is 2.36. The summed E-state index contributed by atoms with van der Waals surface area (Å²) in [5.74, 6) is 5.32. The molecule has 0 amide bonds. The summed E-state index contributed by atoms with van der Waals surface area (Å²) in [7, 11) is 0. The molecule has 0 N–H and O–H groups in total. The molecule has 0 spiro atoms. The summed E-state index contributed by atoms with van der Waals surface area (Å²) in [6.45, 7) is 17.7. The van der Waals surface area contributed by atoms with Gasteiger partial charge >= 0.3 is 0 Å². The number of rotatable bonds is 20. The average molecular weight is 981 g/mol. The quantitative estimate of drug-likeness (QED) is 0.0693. The molecule has 5 fully saturated rings. The highest BCUT2D eigenvalue weighted by atomic mass is 16.5. The monoisotopic (exact) mass is 981 g/mol. The Morgan fingerprint density at radius 1 is 0.500 bits per heavy atom. The van der Waals surface area contributed by atoms with E-state index >= 15 is 0 Å². The van der Waals surface area contributed by atoms with Crippen molar-refractivity contribution in [3.05, 3.63) is 120 Å². The molecule has 4 saturated heterocycles. The Morgan fingerprint density at radius 2 is 0.986 bits per heavy atom. The van der Waals surface area contributed by atoms with Crippen LogP contribution in [-0.2, 0) is 29.2 Å². The van der Waals surface area contributed by atoms with Crippen LogP contribution in [0.5, 0.6) is 23.0 Å². The molecular formula is C58H76N8O6. The molecule has 10 rings (SSSR count). The number of hydrogen-bond acceptors (Lipinski definition) is 14. The Labute approximate surface area is 427 Å². The second kappa shape index (κ2) is 24.8. The summed E-state index contributed by atoms with van der Waals surface area (Å²) >= 11 is 0. The Kier molecular flexibility index (Phi) is 17.1. The van der Waals surface area contributed by atoms with E-state index in [0.717, 1.165) is 182 Å². The minimum absolute atomic E-state index is 0.240. The topological polar surface area (TPSA) is 101 Å². The van der Waals surface area contributed by atoms with Gasteiger partial charge in [-0.3, -0.25) is 19.8 Å². The first-order valence-corrected chi connectivity index (χ1v) is 27.0. The average Bonchev–Trinajstić information content (AvgIpc) is 3.96. The van der Waals surface area contributed by atoms with Gasteiger partial charge in [0.05, 0.1) is 81.6 Å². The minimum Gasteiger partial charge on any atom is -0.490 e. The molecule has 5 aromatic rings. The summed E-state index contributed by atoms with van der Waals surface area (Å²) in [5.41, 5.74) is 5.85. The molecule has 14 nitrogen and oxygen atoms in total. The van der Waals surface area contributed by atoms with Crippen molar-refractivity contribution in [3.63, 3.8) is 0 Å². The maximum atomic E-state index is 6.46. The van der Waals surface area contributed by atoms with Crippen molar-refractivity contribution >= 4 is 23.0 Å². The number of benzene rings is 3. The number of likely N-dealkylation sites (tertiary alicyclic amines) is 2. The smallest absolute Gasteiger partial charge is 0.161 e. The maximum absolute atomic E-state index is 6.46. The first-order chi connectivity index (χ1) is 35.6. The van der Waals surface area contributed by atoms with E-state index in [1.54, 1.807) is 0 Å². The van der Waals surface area contributed by atoms with Crippen LogP contribution in [0.2, 0.25) is 0 Å². The number of morpholine rings is 2. The fourth-order valence-electron chi connectivity index (χ4n) is 11.1. The van der Waals surface area contributed by atoms with Gasteiger partial charge < -0.3 is 38.2 Å². The number of ether oxygens (including phenoxy) is 6. The van der Waals surface area contributed by atoms with Crippen LogP contribution in [0.15, 0.2) is 103 Å². The van der Waals surface area contributed by atoms with Crippen LogP contribution >= 0.6 is 0 Å². The van der Waals surface area contributed by atoms with Crippen molar-refractivity contribution < 1.29 is 28.4 Å². The predicted octanol–water partition coefficient (Wildman–Crippen LogP) is 9.40. The molecule has 2 aromatic heterocycles. The van der Waals surface area contributed by atoms with E-state index < -0.39 is 0 Å². The van der Waals surface area contributed by atoms with Crippen molar-refractivity contribution in [3.8, 4) is 23.0 Å². The third-order valence-electron chi connectivity index (χ3n) is 15.0. The van der Waals surface area contributed by atoms with E-state index in [2.05, 4.69) is 122 Å². The standard InChI is InChI=1S/C58H76N8O6/c1-3-69-55-38-46(14-18-53(55)71-44-45-10-6-5-7-11-45)42-61-26-22-48(23-27-61)65(50-16-20-57(59-40-50)63-30-34-67-35-31-63)66(51-17-21-58(60-41-51)64-32-36-68-37-33-64)49-24-28-62(29-25-49)43-47-15-19-54(56(39-47)70-4-2)72-52-12-8-9-13-52/h5-7,10-11,14-21,38-41,48-49,52H,3-4,8-9,12-13,22-37,42-44H2,1-2H3. The first-order valence-electron chi connectivity index (χ1n) is 27.0. The van der Waals surface area contributed by atoms with E-state index in [-0.39, 0.29) is 18.2 Å². The molecule has 0 atom stereocenters. The molecular weight excluding hydrogens is 905 g/mol. The number of anilines is 4. The van der Waals surface area contributed by atoms with Crippen LogP contribution in [-0.4, -0.2) is 130 Å². The lowest BCUT2D eigenvalue weighted by Gasteiger charge is -2.50. The molecule has 0 unspecified atom stereocenters. The highest BCUT2D eigenvalue weighted by Crippen LogP contribution is 2.37. The SMILES string of the molecule is CCOc1cc(CN2CCC(N(c3ccc(N4CCOCC4)nc3)N(c3ccc(N4CCOCC4)nc3)C3CCN(Cc4ccc(OC5CCCC5)c(OCC)c4)CC3)CC2)ccc1OCc1ccccc1. The van der Waals surface area contributed by atoms with Crippen molar-refractivity contribution in [1.29, 1.82) is 0 Å². The van der Waals surface area contributed by atoms with E-state index in [9.17, 15) is 0 Å². The summed E-state index contributed by atoms with van der Waals surface area (Å²) in [6, 6.07) is 32.8. The number of pyridine rings is 2. The van der Waals surface area contributed by atoms with Crippen LogP contribution < -0.4 is 38.8 Å². The zero-order valence-corrected chi connectivity index (χ0v) is 42.8. The first kappa shape index (κ1) is 49.8. The van der Waals surface area contributed by atoms with E-state index in [4.69, 9.17) is 38.4 Å². The number of piperidine rings is 2. The van der Waals surface area contributed by atoms with Gasteiger partial charge in [0.15, 0.2) is 23.0 Å². The fourth-order valence-corrected chi connectivity index (χ4v) is 11.1. The maximum Gasteiger partial charge on any atom is 0.161 e. The summed E-state index contributed by atoms with van der Waals surface area (Å²) in [6.07, 6.45) is 13.3. The van der Waals surface area contributed by atoms with Gasteiger partial charge in [0, 0.05) is 65.4 Å². The lowest BCUT2D eigenvalue weighted by molar-refractivity contribution is 0.122. The number of hydrogen-bond donors (Lipinski definition) is 0. The molecule has 6 heterocycles. The van der Waals surface area contributed by atoms with Crippen LogP contribution in [0.3, 0.4) is 0 Å². The number of nitrogens with zero attached hydrogens (tertiary/aromatic N) is 8. The summed E-state index contributed by atoms with van der Waals surface area (Å²) in [5, 5.41) is 5.23. The van der Waals surface area contributed by atoms with Gasteiger partial charge in [-0.1, -0.05) is 42.5 Å². The second-order valence-corrected chi connectivity index (χ2v) is 19.9. The fraction of sp³-hybridized carbons (Fsp3) is 0.517. The van der Waals surface area contributed by atoms with Gasteiger partial charge in [0.1, 0.15) is 18.2 Å². The lowest BCUT2D eigenvalue weighted by Crippen LogP contribution is -2.59. The molecule has 4 aliphatic heterocycles. The molecule has 0 bridgehead atoms. The van der Waals surface area contributed by atoms with Crippen molar-refractivity contribution in [2.75, 3.05) is 112 Å². The molecule has 5 aliphatic rings. The minimum atomic E-state index is 0.240. The van der Waals surface area contributed by atoms with Gasteiger partial charge in [0.2, 0.25) is 0 Å². The molecule has 1 saturated carbocycles. The second-order valence-electron chi connectivity index (χ2n) is 19.9. The van der Waals surface area contributed by atoms with E-state index in [1.165, 1.54) is 24.0 Å². The van der Waals surface area contributed by atoms with E-state index in [1.807, 2.05) is 25.1 Å².